The zero-order valence-electron chi connectivity index (χ0n) is 26.7. The maximum absolute atomic E-state index is 6.84. The molecule has 3 nitrogen and oxygen atoms in total. The first-order valence-corrected chi connectivity index (χ1v) is 17.5. The fourth-order valence-corrected chi connectivity index (χ4v) is 10.8. The number of hydrogen-bond donors (Lipinski definition) is 0. The molecule has 4 aromatic heterocycles. The van der Waals surface area contributed by atoms with E-state index in [0.29, 0.717) is 0 Å². The van der Waals surface area contributed by atoms with E-state index in [9.17, 15) is 0 Å². The van der Waals surface area contributed by atoms with Gasteiger partial charge in [-0.1, -0.05) is 90.5 Å². The van der Waals surface area contributed by atoms with Crippen LogP contribution in [0.5, 0.6) is 0 Å². The molecule has 2 aliphatic heterocycles. The molecule has 6 aromatic carbocycles. The van der Waals surface area contributed by atoms with E-state index in [4.69, 9.17) is 4.42 Å². The molecule has 0 saturated carbocycles. The number of aromatic nitrogens is 2. The first-order chi connectivity index (χ1) is 23.6. The van der Waals surface area contributed by atoms with E-state index in [1.807, 2.05) is 11.3 Å². The summed E-state index contributed by atoms with van der Waals surface area (Å²) in [5, 5.41) is 6.29. The zero-order chi connectivity index (χ0) is 31.6. The minimum Gasteiger partial charge on any atom is -0.441 e. The molecule has 0 fully saturated rings. The standard InChI is InChI=1S/C43H27BN2OS/c1-22-18-23(2)36(24(3)19-22)25-20-31-26-12-8-13-29-37-27-10-4-6-16-34(27)47-43(37)46(39(26)29)44-32-15-9-14-30-40(32)45(33(21-25)38(31)44)41-28-11-5-7-17-35(28)48-42(30)41/h4-21H,1-3H3. The number of fused-ring (bicyclic) bond motifs is 14. The van der Waals surface area contributed by atoms with Gasteiger partial charge in [-0.3, -0.25) is 0 Å². The summed E-state index contributed by atoms with van der Waals surface area (Å²) < 4.78 is 14.7. The van der Waals surface area contributed by atoms with Gasteiger partial charge in [0.05, 0.1) is 21.1 Å². The number of furan rings is 1. The third kappa shape index (κ3) is 2.86. The van der Waals surface area contributed by atoms with Crippen LogP contribution in [0.2, 0.25) is 0 Å². The molecular weight excluding hydrogens is 603 g/mol. The maximum Gasteiger partial charge on any atom is 0.336 e. The van der Waals surface area contributed by atoms with Crippen molar-refractivity contribution in [3.8, 4) is 27.9 Å². The van der Waals surface area contributed by atoms with Gasteiger partial charge in [0.1, 0.15) is 5.58 Å². The molecule has 0 aliphatic carbocycles. The van der Waals surface area contributed by atoms with Crippen molar-refractivity contribution in [1.82, 2.24) is 9.05 Å². The molecule has 0 saturated heterocycles. The van der Waals surface area contributed by atoms with Crippen molar-refractivity contribution in [1.29, 1.82) is 0 Å². The van der Waals surface area contributed by atoms with Crippen molar-refractivity contribution < 1.29 is 4.42 Å². The summed E-state index contributed by atoms with van der Waals surface area (Å²) in [7, 11) is 0. The Labute approximate surface area is 280 Å². The van der Waals surface area contributed by atoms with Crippen molar-refractivity contribution in [3.63, 3.8) is 0 Å². The van der Waals surface area contributed by atoms with Gasteiger partial charge in [0.15, 0.2) is 5.71 Å². The summed E-state index contributed by atoms with van der Waals surface area (Å²) in [4.78, 5) is 0. The van der Waals surface area contributed by atoms with Gasteiger partial charge in [0.2, 0.25) is 0 Å². The third-order valence-electron chi connectivity index (χ3n) is 11.2. The van der Waals surface area contributed by atoms with E-state index in [-0.39, 0.29) is 6.85 Å². The molecule has 2 aliphatic rings. The molecule has 10 aromatic rings. The number of para-hydroxylation sites is 3. The van der Waals surface area contributed by atoms with E-state index < -0.39 is 0 Å². The molecule has 0 amide bonds. The molecule has 0 N–H and O–H groups in total. The van der Waals surface area contributed by atoms with Crippen LogP contribution in [0.4, 0.5) is 0 Å². The van der Waals surface area contributed by atoms with Gasteiger partial charge >= 0.3 is 6.85 Å². The van der Waals surface area contributed by atoms with Gasteiger partial charge in [0, 0.05) is 43.0 Å². The topological polar surface area (TPSA) is 23.0 Å². The zero-order valence-corrected chi connectivity index (χ0v) is 27.5. The Bertz CT molecular complexity index is 3090. The summed E-state index contributed by atoms with van der Waals surface area (Å²) in [6.07, 6.45) is 0. The van der Waals surface area contributed by atoms with Gasteiger partial charge in [-0.15, -0.1) is 11.3 Å². The smallest absolute Gasteiger partial charge is 0.336 e. The molecule has 12 rings (SSSR count). The minimum absolute atomic E-state index is 0.0220. The monoisotopic (exact) mass is 630 g/mol. The highest BCUT2D eigenvalue weighted by molar-refractivity contribution is 7.26. The molecular formula is C43H27BN2OS. The average molecular weight is 631 g/mol. The van der Waals surface area contributed by atoms with Crippen LogP contribution in [-0.2, 0) is 0 Å². The van der Waals surface area contributed by atoms with Gasteiger partial charge in [-0.05, 0) is 83.8 Å². The predicted molar refractivity (Wildman–Crippen MR) is 204 cm³/mol. The lowest BCUT2D eigenvalue weighted by Crippen LogP contribution is -2.55. The number of thiophene rings is 1. The van der Waals surface area contributed by atoms with Gasteiger partial charge in [0.25, 0.3) is 0 Å². The fourth-order valence-electron chi connectivity index (χ4n) is 9.57. The van der Waals surface area contributed by atoms with Crippen molar-refractivity contribution in [2.45, 2.75) is 20.8 Å². The number of hydrogen-bond acceptors (Lipinski definition) is 2. The van der Waals surface area contributed by atoms with Gasteiger partial charge in [-0.2, -0.15) is 0 Å². The predicted octanol–water partition coefficient (Wildman–Crippen LogP) is 10.4. The number of nitrogens with zero attached hydrogens (tertiary/aromatic N) is 2. The van der Waals surface area contributed by atoms with E-state index in [2.05, 4.69) is 139 Å². The number of aryl methyl sites for hydroxylation is 3. The Kier molecular flexibility index (Phi) is 4.52. The maximum atomic E-state index is 6.84. The lowest BCUT2D eigenvalue weighted by atomic mass is 9.45. The molecule has 5 heteroatoms. The van der Waals surface area contributed by atoms with Gasteiger partial charge < -0.3 is 13.5 Å². The largest absolute Gasteiger partial charge is 0.441 e. The van der Waals surface area contributed by atoms with Crippen LogP contribution in [0.25, 0.3) is 92.1 Å². The van der Waals surface area contributed by atoms with E-state index in [1.54, 1.807) is 0 Å². The van der Waals surface area contributed by atoms with Crippen LogP contribution in [0.3, 0.4) is 0 Å². The first kappa shape index (κ1) is 25.6. The SMILES string of the molecule is Cc1cc(C)c(-c2cc3c4c(c2)-n2c5c(cccc5c5sc6ccccc6c52)B4n2c4oc5ccccc5c4c4cccc-3c42)c(C)c1. The molecule has 48 heavy (non-hydrogen) atoms. The highest BCUT2D eigenvalue weighted by Crippen LogP contribution is 2.48. The van der Waals surface area contributed by atoms with Crippen LogP contribution < -0.4 is 10.9 Å². The summed E-state index contributed by atoms with van der Waals surface area (Å²) in [5.74, 6) is 0. The molecule has 0 spiro atoms. The second kappa shape index (κ2) is 8.49. The second-order valence-electron chi connectivity index (χ2n) is 13.8. The van der Waals surface area contributed by atoms with Gasteiger partial charge in [-0.25, -0.2) is 0 Å². The normalized spacial score (nSPS) is 13.3. The van der Waals surface area contributed by atoms with Crippen LogP contribution in [0.1, 0.15) is 16.7 Å². The average Bonchev–Trinajstić information content (AvgIpc) is 3.82. The highest BCUT2D eigenvalue weighted by Gasteiger charge is 2.43. The molecule has 0 bridgehead atoms. The Morgan fingerprint density at radius 1 is 0.646 bits per heavy atom. The quantitative estimate of drug-likeness (QED) is 0.166. The van der Waals surface area contributed by atoms with Crippen molar-refractivity contribution in [2.24, 2.45) is 0 Å². The Morgan fingerprint density at radius 3 is 2.27 bits per heavy atom. The van der Waals surface area contributed by atoms with E-state index in [1.165, 1.54) is 108 Å². The van der Waals surface area contributed by atoms with Crippen LogP contribution in [0.15, 0.2) is 114 Å². The first-order valence-electron chi connectivity index (χ1n) is 16.7. The summed E-state index contributed by atoms with van der Waals surface area (Å²) in [6, 6.07) is 40.9. The Morgan fingerprint density at radius 2 is 1.40 bits per heavy atom. The van der Waals surface area contributed by atoms with Crippen molar-refractivity contribution in [2.75, 3.05) is 0 Å². The van der Waals surface area contributed by atoms with Crippen LogP contribution >= 0.6 is 11.3 Å². The highest BCUT2D eigenvalue weighted by atomic mass is 32.1. The fraction of sp³-hybridized carbons (Fsp3) is 0.0698. The number of rotatable bonds is 1. The second-order valence-corrected chi connectivity index (χ2v) is 14.9. The minimum atomic E-state index is -0.0220. The van der Waals surface area contributed by atoms with E-state index >= 15 is 0 Å². The van der Waals surface area contributed by atoms with Crippen molar-refractivity contribution >= 4 is 93.3 Å². The van der Waals surface area contributed by atoms with Crippen LogP contribution in [-0.4, -0.2) is 15.9 Å². The molecule has 224 valence electrons. The van der Waals surface area contributed by atoms with E-state index in [0.717, 1.165) is 11.3 Å². The lowest BCUT2D eigenvalue weighted by molar-refractivity contribution is 0.651. The molecule has 0 unspecified atom stereocenters. The lowest BCUT2D eigenvalue weighted by Gasteiger charge is -2.34. The van der Waals surface area contributed by atoms with Crippen LogP contribution in [0, 0.1) is 20.8 Å². The number of benzene rings is 6. The molecule has 6 heterocycles. The summed E-state index contributed by atoms with van der Waals surface area (Å²) in [5.41, 5.74) is 18.9. The Hall–Kier alpha value is -5.52. The summed E-state index contributed by atoms with van der Waals surface area (Å²) in [6.45, 7) is 6.71. The summed E-state index contributed by atoms with van der Waals surface area (Å²) >= 11 is 1.92. The third-order valence-corrected chi connectivity index (χ3v) is 12.3. The Balaban J connectivity index is 1.34. The molecule has 0 radical (unpaired) electrons. The van der Waals surface area contributed by atoms with Crippen molar-refractivity contribution in [3.05, 3.63) is 126 Å². The molecule has 0 atom stereocenters.